The molecular formula is C13H13FO2. The third kappa shape index (κ3) is 3.19. The Morgan fingerprint density at radius 2 is 2.31 bits per heavy atom. The van der Waals surface area contributed by atoms with E-state index in [2.05, 4.69) is 0 Å². The minimum absolute atomic E-state index is 0.121. The summed E-state index contributed by atoms with van der Waals surface area (Å²) in [5.41, 5.74) is 0.766. The van der Waals surface area contributed by atoms with E-state index in [9.17, 15) is 9.18 Å². The molecule has 3 heteroatoms. The number of hydrogen-bond donors (Lipinski definition) is 0. The summed E-state index contributed by atoms with van der Waals surface area (Å²) in [6.45, 7) is 0.256. The zero-order chi connectivity index (χ0) is 11.4. The molecule has 0 amide bonds. The van der Waals surface area contributed by atoms with Gasteiger partial charge in [-0.25, -0.2) is 4.39 Å². The number of rotatable bonds is 4. The summed E-state index contributed by atoms with van der Waals surface area (Å²) in [7, 11) is 0. The van der Waals surface area contributed by atoms with Crippen LogP contribution in [0.1, 0.15) is 18.4 Å². The Labute approximate surface area is 93.7 Å². The molecule has 1 aromatic carbocycles. The van der Waals surface area contributed by atoms with E-state index in [4.69, 9.17) is 4.74 Å². The second-order valence-electron chi connectivity index (χ2n) is 3.86. The van der Waals surface area contributed by atoms with Gasteiger partial charge < -0.3 is 4.74 Å². The standard InChI is InChI=1S/C13H13FO2/c14-12-5-1-3-10(9-12)4-2-8-16-13(15)11-6-7-11/h1-5,9,11H,6-8H2. The monoisotopic (exact) mass is 220 g/mol. The first-order valence-corrected chi connectivity index (χ1v) is 5.34. The van der Waals surface area contributed by atoms with Crippen molar-refractivity contribution in [2.24, 2.45) is 5.92 Å². The van der Waals surface area contributed by atoms with Crippen molar-refractivity contribution in [1.82, 2.24) is 0 Å². The maximum atomic E-state index is 12.8. The van der Waals surface area contributed by atoms with Crippen LogP contribution < -0.4 is 0 Å². The van der Waals surface area contributed by atoms with E-state index in [0.717, 1.165) is 18.4 Å². The second-order valence-corrected chi connectivity index (χ2v) is 3.86. The fourth-order valence-corrected chi connectivity index (χ4v) is 1.36. The summed E-state index contributed by atoms with van der Waals surface area (Å²) in [6.07, 6.45) is 5.36. The molecule has 0 unspecified atom stereocenters. The van der Waals surface area contributed by atoms with Crippen molar-refractivity contribution in [3.8, 4) is 0 Å². The summed E-state index contributed by atoms with van der Waals surface area (Å²) in [5, 5.41) is 0. The predicted octanol–water partition coefficient (Wildman–Crippen LogP) is 2.79. The lowest BCUT2D eigenvalue weighted by molar-refractivity contribution is -0.143. The highest BCUT2D eigenvalue weighted by Gasteiger charge is 2.30. The average molecular weight is 220 g/mol. The van der Waals surface area contributed by atoms with Crippen LogP contribution in [0.4, 0.5) is 4.39 Å². The molecule has 0 N–H and O–H groups in total. The van der Waals surface area contributed by atoms with Gasteiger partial charge >= 0.3 is 5.97 Å². The van der Waals surface area contributed by atoms with E-state index < -0.39 is 0 Å². The third-order valence-electron chi connectivity index (χ3n) is 2.39. The normalized spacial score (nSPS) is 15.3. The maximum Gasteiger partial charge on any atom is 0.309 e. The summed E-state index contributed by atoms with van der Waals surface area (Å²) in [4.78, 5) is 11.2. The van der Waals surface area contributed by atoms with Gasteiger partial charge in [-0.1, -0.05) is 18.2 Å². The molecule has 2 rings (SSSR count). The first-order chi connectivity index (χ1) is 7.75. The number of hydrogen-bond acceptors (Lipinski definition) is 2. The molecular weight excluding hydrogens is 207 g/mol. The smallest absolute Gasteiger partial charge is 0.309 e. The average Bonchev–Trinajstić information content (AvgIpc) is 3.08. The van der Waals surface area contributed by atoms with Gasteiger partial charge in [-0.05, 0) is 36.6 Å². The van der Waals surface area contributed by atoms with Crippen LogP contribution in [0.15, 0.2) is 30.3 Å². The molecule has 1 aromatic rings. The molecule has 0 saturated heterocycles. The lowest BCUT2D eigenvalue weighted by Crippen LogP contribution is -2.05. The second kappa shape index (κ2) is 4.92. The van der Waals surface area contributed by atoms with Crippen LogP contribution in [-0.2, 0) is 9.53 Å². The SMILES string of the molecule is O=C(OCC=Cc1cccc(F)c1)C1CC1. The van der Waals surface area contributed by atoms with Crippen molar-refractivity contribution in [2.45, 2.75) is 12.8 Å². The Bertz CT molecular complexity index is 408. The van der Waals surface area contributed by atoms with Crippen LogP contribution >= 0.6 is 0 Å². The Balaban J connectivity index is 1.78. The quantitative estimate of drug-likeness (QED) is 0.729. The number of carbonyl (C=O) groups is 1. The Kier molecular flexibility index (Phi) is 3.34. The van der Waals surface area contributed by atoms with E-state index in [1.54, 1.807) is 24.3 Å². The topological polar surface area (TPSA) is 26.3 Å². The highest BCUT2D eigenvalue weighted by atomic mass is 19.1. The van der Waals surface area contributed by atoms with Crippen LogP contribution in [0, 0.1) is 11.7 Å². The maximum absolute atomic E-state index is 12.8. The van der Waals surface area contributed by atoms with Crippen LogP contribution in [0.3, 0.4) is 0 Å². The van der Waals surface area contributed by atoms with Crippen LogP contribution in [-0.4, -0.2) is 12.6 Å². The van der Waals surface area contributed by atoms with Gasteiger partial charge in [0.2, 0.25) is 0 Å². The number of benzene rings is 1. The van der Waals surface area contributed by atoms with Crippen molar-refractivity contribution in [3.05, 3.63) is 41.7 Å². The highest BCUT2D eigenvalue weighted by Crippen LogP contribution is 2.29. The summed E-state index contributed by atoms with van der Waals surface area (Å²) in [5.74, 6) is -0.261. The van der Waals surface area contributed by atoms with Gasteiger partial charge in [0, 0.05) is 0 Å². The van der Waals surface area contributed by atoms with Gasteiger partial charge in [-0.2, -0.15) is 0 Å². The fraction of sp³-hybridized carbons (Fsp3) is 0.308. The minimum atomic E-state index is -0.267. The highest BCUT2D eigenvalue weighted by molar-refractivity contribution is 5.75. The van der Waals surface area contributed by atoms with Crippen LogP contribution in [0.5, 0.6) is 0 Å². The molecule has 1 aliphatic carbocycles. The van der Waals surface area contributed by atoms with Crippen molar-refractivity contribution in [3.63, 3.8) is 0 Å². The molecule has 2 nitrogen and oxygen atoms in total. The van der Waals surface area contributed by atoms with Crippen molar-refractivity contribution >= 4 is 12.0 Å². The first-order valence-electron chi connectivity index (χ1n) is 5.34. The Morgan fingerprint density at radius 3 is 3.00 bits per heavy atom. The van der Waals surface area contributed by atoms with E-state index in [1.807, 2.05) is 0 Å². The molecule has 0 radical (unpaired) electrons. The fourth-order valence-electron chi connectivity index (χ4n) is 1.36. The van der Waals surface area contributed by atoms with Gasteiger partial charge in [0.05, 0.1) is 5.92 Å². The Hall–Kier alpha value is -1.64. The molecule has 16 heavy (non-hydrogen) atoms. The molecule has 1 aliphatic rings. The first kappa shape index (κ1) is 10.9. The zero-order valence-corrected chi connectivity index (χ0v) is 8.86. The van der Waals surface area contributed by atoms with E-state index >= 15 is 0 Å². The van der Waals surface area contributed by atoms with Crippen molar-refractivity contribution in [2.75, 3.05) is 6.61 Å². The van der Waals surface area contributed by atoms with Gasteiger partial charge in [0.15, 0.2) is 0 Å². The zero-order valence-electron chi connectivity index (χ0n) is 8.86. The lowest BCUT2D eigenvalue weighted by atomic mass is 10.2. The number of halogens is 1. The summed E-state index contributed by atoms with van der Waals surface area (Å²) in [6, 6.07) is 6.26. The molecule has 0 aromatic heterocycles. The van der Waals surface area contributed by atoms with Crippen molar-refractivity contribution in [1.29, 1.82) is 0 Å². The molecule has 1 fully saturated rings. The molecule has 0 spiro atoms. The minimum Gasteiger partial charge on any atom is -0.461 e. The van der Waals surface area contributed by atoms with Gasteiger partial charge in [0.25, 0.3) is 0 Å². The van der Waals surface area contributed by atoms with Gasteiger partial charge in [-0.15, -0.1) is 0 Å². The summed E-state index contributed by atoms with van der Waals surface area (Å²) >= 11 is 0. The number of carbonyl (C=O) groups excluding carboxylic acids is 1. The van der Waals surface area contributed by atoms with Crippen LogP contribution in [0.25, 0.3) is 6.08 Å². The number of esters is 1. The lowest BCUT2D eigenvalue weighted by Gasteiger charge is -1.98. The van der Waals surface area contributed by atoms with Crippen LogP contribution in [0.2, 0.25) is 0 Å². The predicted molar refractivity (Wildman–Crippen MR) is 59.1 cm³/mol. The molecule has 0 heterocycles. The van der Waals surface area contributed by atoms with E-state index in [-0.39, 0.29) is 24.3 Å². The molecule has 0 aliphatic heterocycles. The summed E-state index contributed by atoms with van der Waals surface area (Å²) < 4.78 is 17.8. The largest absolute Gasteiger partial charge is 0.461 e. The van der Waals surface area contributed by atoms with Gasteiger partial charge in [-0.3, -0.25) is 4.79 Å². The van der Waals surface area contributed by atoms with E-state index in [1.165, 1.54) is 12.1 Å². The number of ether oxygens (including phenoxy) is 1. The molecule has 0 atom stereocenters. The third-order valence-corrected chi connectivity index (χ3v) is 2.39. The Morgan fingerprint density at radius 1 is 1.50 bits per heavy atom. The van der Waals surface area contributed by atoms with Gasteiger partial charge in [0.1, 0.15) is 12.4 Å². The van der Waals surface area contributed by atoms with E-state index in [0.29, 0.717) is 0 Å². The molecule has 1 saturated carbocycles. The van der Waals surface area contributed by atoms with Crippen molar-refractivity contribution < 1.29 is 13.9 Å². The molecule has 0 bridgehead atoms. The molecule has 84 valence electrons.